The van der Waals surface area contributed by atoms with Gasteiger partial charge in [0.1, 0.15) is 0 Å². The number of hydrogen-bond acceptors (Lipinski definition) is 2. The second-order valence-corrected chi connectivity index (χ2v) is 2.17. The minimum Gasteiger partial charge on any atom is -0.660 e. The third-order valence-electron chi connectivity index (χ3n) is 1.37. The van der Waals surface area contributed by atoms with E-state index < -0.39 is 0 Å². The predicted molar refractivity (Wildman–Crippen MR) is 79.8 cm³/mol. The first-order valence-corrected chi connectivity index (χ1v) is 3.55. The van der Waals surface area contributed by atoms with Gasteiger partial charge in [0, 0.05) is 13.1 Å². The van der Waals surface area contributed by atoms with E-state index in [9.17, 15) is 0 Å². The number of hydrogen-bond donors (Lipinski definition) is 2. The number of nitrogens with zero attached hydrogens (tertiary/aromatic N) is 1. The van der Waals surface area contributed by atoms with Crippen LogP contribution < -0.4 is 10.6 Å². The fourth-order valence-corrected chi connectivity index (χ4v) is 0.855. The van der Waals surface area contributed by atoms with Crippen LogP contribution in [0, 0.1) is 22.3 Å². The molecule has 1 fully saturated rings. The van der Waals surface area contributed by atoms with E-state index in [-0.39, 0.29) is 81.2 Å². The molecule has 0 aromatic heterocycles. The van der Waals surface area contributed by atoms with Crippen molar-refractivity contribution in [2.45, 2.75) is 0 Å². The van der Waals surface area contributed by atoms with Crippen molar-refractivity contribution in [3.8, 4) is 0 Å². The first-order valence-electron chi connectivity index (χ1n) is 3.55. The summed E-state index contributed by atoms with van der Waals surface area (Å²) in [6.45, 7) is 6.19. The second kappa shape index (κ2) is 36.0. The van der Waals surface area contributed by atoms with Gasteiger partial charge in [-0.1, -0.05) is 0 Å². The zero-order valence-electron chi connectivity index (χ0n) is 10.4. The summed E-state index contributed by atoms with van der Waals surface area (Å²) in [6, 6.07) is 0. The zero-order valence-corrected chi connectivity index (χ0v) is 14.4. The van der Waals surface area contributed by atoms with Crippen molar-refractivity contribution in [3.63, 3.8) is 0 Å². The molecule has 0 amide bonds. The molecule has 7 heteroatoms. The smallest absolute Gasteiger partial charge is 0.660 e. The largest absolute Gasteiger partial charge is 4.00 e. The molecule has 0 unspecified atom stereocenters. The molecule has 1 heterocycles. The molecule has 0 spiro atoms. The maximum Gasteiger partial charge on any atom is 4.00 e. The third kappa shape index (κ3) is 29.5. The fourth-order valence-electron chi connectivity index (χ4n) is 0.855. The molecule has 1 saturated heterocycles. The summed E-state index contributed by atoms with van der Waals surface area (Å²) in [5.74, 6) is 0. The summed E-state index contributed by atoms with van der Waals surface area (Å²) in [5, 5.41) is 10.8. The Morgan fingerprint density at radius 3 is 1.25 bits per heavy atom. The Labute approximate surface area is 136 Å². The Bertz CT molecular complexity index is 54.5. The average molecular weight is 331 g/mol. The predicted octanol–water partition coefficient (Wildman–Crippen LogP) is 2.17. The molecule has 1 aliphatic heterocycles. The van der Waals surface area contributed by atoms with Gasteiger partial charge in [-0.3, -0.25) is 0 Å². The Kier molecular flexibility index (Phi) is 97.2. The van der Waals surface area contributed by atoms with Crippen molar-refractivity contribution < 1.29 is 21.7 Å². The van der Waals surface area contributed by atoms with Gasteiger partial charge in [0.15, 0.2) is 0 Å². The minimum atomic E-state index is 0. The van der Waals surface area contributed by atoms with Gasteiger partial charge >= 0.3 is 21.7 Å². The van der Waals surface area contributed by atoms with Gasteiger partial charge in [0.05, 0.1) is 0 Å². The standard InChI is InChI=1S/C6H14N3.3CH3.3ClH.Ti/c1-2-8-5-6-9-4-3-7-1;;;;;;;/h7-8H,1-6H2;3*1H3;3*1H;/q4*-1;;;;+4. The van der Waals surface area contributed by atoms with E-state index in [0.717, 1.165) is 39.3 Å². The van der Waals surface area contributed by atoms with Gasteiger partial charge in [-0.25, -0.2) is 0 Å². The van der Waals surface area contributed by atoms with E-state index in [0.29, 0.717) is 0 Å². The van der Waals surface area contributed by atoms with Gasteiger partial charge in [-0.15, -0.1) is 50.3 Å². The summed E-state index contributed by atoms with van der Waals surface area (Å²) in [7, 11) is 0. The van der Waals surface area contributed by atoms with Crippen molar-refractivity contribution in [1.82, 2.24) is 10.6 Å². The van der Waals surface area contributed by atoms with E-state index in [4.69, 9.17) is 0 Å². The van der Waals surface area contributed by atoms with Crippen molar-refractivity contribution in [2.24, 2.45) is 0 Å². The quantitative estimate of drug-likeness (QED) is 0.528. The summed E-state index contributed by atoms with van der Waals surface area (Å²) in [5.41, 5.74) is 0. The van der Waals surface area contributed by atoms with Crippen LogP contribution in [0.3, 0.4) is 0 Å². The Hall–Kier alpha value is 1.46. The molecule has 1 aliphatic rings. The molecule has 0 saturated carbocycles. The Morgan fingerprint density at radius 1 is 0.625 bits per heavy atom. The van der Waals surface area contributed by atoms with E-state index >= 15 is 0 Å². The first kappa shape index (κ1) is 43.2. The van der Waals surface area contributed by atoms with E-state index in [1.165, 1.54) is 0 Å². The minimum absolute atomic E-state index is 0. The van der Waals surface area contributed by atoms with Gasteiger partial charge < -0.3 is 38.2 Å². The summed E-state index contributed by atoms with van der Waals surface area (Å²) >= 11 is 0. The molecule has 0 bridgehead atoms. The van der Waals surface area contributed by atoms with Crippen LogP contribution in [0.5, 0.6) is 0 Å². The van der Waals surface area contributed by atoms with Gasteiger partial charge in [-0.05, 0) is 13.1 Å². The molecule has 0 radical (unpaired) electrons. The Morgan fingerprint density at radius 2 is 0.938 bits per heavy atom. The van der Waals surface area contributed by atoms with Crippen LogP contribution in [0.4, 0.5) is 0 Å². The average Bonchev–Trinajstić information content (AvgIpc) is 2.00. The van der Waals surface area contributed by atoms with Crippen molar-refractivity contribution in [1.29, 1.82) is 0 Å². The summed E-state index contributed by atoms with van der Waals surface area (Å²) in [6.07, 6.45) is 0. The molecule has 1 rings (SSSR count). The molecule has 16 heavy (non-hydrogen) atoms. The van der Waals surface area contributed by atoms with Crippen molar-refractivity contribution >= 4 is 37.2 Å². The number of halogens is 3. The van der Waals surface area contributed by atoms with Crippen molar-refractivity contribution in [3.05, 3.63) is 27.6 Å². The van der Waals surface area contributed by atoms with Crippen LogP contribution in [0.2, 0.25) is 0 Å². The van der Waals surface area contributed by atoms with E-state index in [1.807, 2.05) is 0 Å². The van der Waals surface area contributed by atoms with Crippen LogP contribution >= 0.6 is 37.2 Å². The van der Waals surface area contributed by atoms with Crippen LogP contribution in [-0.2, 0) is 21.7 Å². The summed E-state index contributed by atoms with van der Waals surface area (Å²) < 4.78 is 0. The van der Waals surface area contributed by atoms with Crippen LogP contribution in [-0.4, -0.2) is 39.3 Å². The van der Waals surface area contributed by atoms with Crippen LogP contribution in [0.1, 0.15) is 0 Å². The summed E-state index contributed by atoms with van der Waals surface area (Å²) in [4.78, 5) is 0. The van der Waals surface area contributed by atoms with E-state index in [2.05, 4.69) is 16.0 Å². The van der Waals surface area contributed by atoms with Gasteiger partial charge in [-0.2, -0.15) is 0 Å². The monoisotopic (exact) mass is 329 g/mol. The fraction of sp³-hybridized carbons (Fsp3) is 0.667. The molecule has 102 valence electrons. The molecular formula is C9H26Cl3N3Ti. The normalized spacial score (nSPS) is 13.5. The second-order valence-electron chi connectivity index (χ2n) is 2.17. The van der Waals surface area contributed by atoms with Crippen molar-refractivity contribution in [2.75, 3.05) is 39.3 Å². The third-order valence-corrected chi connectivity index (χ3v) is 1.37. The molecule has 0 aromatic rings. The topological polar surface area (TPSA) is 38.2 Å². The molecule has 0 atom stereocenters. The zero-order chi connectivity index (χ0) is 6.36. The van der Waals surface area contributed by atoms with Gasteiger partial charge in [0.2, 0.25) is 0 Å². The maximum absolute atomic E-state index is 4.27. The van der Waals surface area contributed by atoms with Crippen LogP contribution in [0.25, 0.3) is 5.32 Å². The Balaban J connectivity index is -0.0000000231. The SMILES string of the molecule is C1CNCCNCC[N-]1.Cl.Cl.Cl.[CH3-].[CH3-].[CH3-].[Ti+4]. The van der Waals surface area contributed by atoms with Crippen LogP contribution in [0.15, 0.2) is 0 Å². The molecule has 3 nitrogen and oxygen atoms in total. The first-order chi connectivity index (χ1) is 4.50. The molecule has 0 aliphatic carbocycles. The molecular weight excluding hydrogens is 304 g/mol. The van der Waals surface area contributed by atoms with E-state index in [1.54, 1.807) is 0 Å². The molecule has 2 N–H and O–H groups in total. The number of rotatable bonds is 0. The molecule has 0 aromatic carbocycles. The van der Waals surface area contributed by atoms with Gasteiger partial charge in [0.25, 0.3) is 0 Å². The maximum atomic E-state index is 4.27. The number of nitrogens with one attached hydrogen (secondary N) is 2.